The van der Waals surface area contributed by atoms with Gasteiger partial charge in [-0.05, 0) is 36.5 Å². The van der Waals surface area contributed by atoms with Gasteiger partial charge in [0, 0.05) is 6.04 Å². The minimum atomic E-state index is -0.101. The number of carbonyl (C=O) groups is 1. The Bertz CT molecular complexity index is 481. The summed E-state index contributed by atoms with van der Waals surface area (Å²) in [5.74, 6) is 1.20. The maximum Gasteiger partial charge on any atom is 0.262 e. The van der Waals surface area contributed by atoms with Crippen molar-refractivity contribution in [1.82, 2.24) is 0 Å². The first-order valence-corrected chi connectivity index (χ1v) is 7.06. The Labute approximate surface area is 113 Å². The maximum absolute atomic E-state index is 11.3. The third kappa shape index (κ3) is 2.59. The Hall–Kier alpha value is -1.55. The lowest BCUT2D eigenvalue weighted by Crippen LogP contribution is -2.27. The van der Waals surface area contributed by atoms with Crippen molar-refractivity contribution in [3.8, 4) is 5.75 Å². The van der Waals surface area contributed by atoms with Crippen molar-refractivity contribution < 1.29 is 9.53 Å². The number of rotatable bonds is 2. The van der Waals surface area contributed by atoms with Crippen LogP contribution >= 0.6 is 0 Å². The number of nitrogens with one attached hydrogen (secondary N) is 1. The Kier molecular flexibility index (Phi) is 3.42. The smallest absolute Gasteiger partial charge is 0.262 e. The lowest BCUT2D eigenvalue weighted by molar-refractivity contribution is -0.118. The molecule has 1 fully saturated rings. The van der Waals surface area contributed by atoms with Gasteiger partial charge < -0.3 is 15.8 Å². The topological polar surface area (TPSA) is 64.3 Å². The lowest BCUT2D eigenvalue weighted by atomic mass is 9.81. The Balaban J connectivity index is 1.80. The second-order valence-electron chi connectivity index (χ2n) is 5.52. The molecule has 4 nitrogen and oxygen atoms in total. The summed E-state index contributed by atoms with van der Waals surface area (Å²) in [4.78, 5) is 11.3. The number of nitrogens with two attached hydrogens (primary N) is 1. The molecule has 1 unspecified atom stereocenters. The molecule has 1 aromatic carbocycles. The summed E-state index contributed by atoms with van der Waals surface area (Å²) in [6, 6.07) is 5.96. The van der Waals surface area contributed by atoms with Crippen molar-refractivity contribution in [1.29, 1.82) is 0 Å². The van der Waals surface area contributed by atoms with Crippen LogP contribution in [-0.2, 0) is 4.79 Å². The largest absolute Gasteiger partial charge is 0.482 e. The molecule has 0 saturated heterocycles. The highest BCUT2D eigenvalue weighted by atomic mass is 16.5. The zero-order valence-corrected chi connectivity index (χ0v) is 11.0. The predicted molar refractivity (Wildman–Crippen MR) is 74.1 cm³/mol. The van der Waals surface area contributed by atoms with Gasteiger partial charge in [0.25, 0.3) is 5.91 Å². The summed E-state index contributed by atoms with van der Waals surface area (Å²) in [6.45, 7) is 0.0982. The van der Waals surface area contributed by atoms with Gasteiger partial charge in [-0.15, -0.1) is 0 Å². The molecule has 4 heteroatoms. The summed E-state index contributed by atoms with van der Waals surface area (Å²) in [7, 11) is 0. The summed E-state index contributed by atoms with van der Waals surface area (Å²) < 4.78 is 5.36. The van der Waals surface area contributed by atoms with E-state index in [9.17, 15) is 4.79 Å². The van der Waals surface area contributed by atoms with E-state index in [2.05, 4.69) is 5.32 Å². The molecule has 0 radical (unpaired) electrons. The SMILES string of the molecule is NC(c1ccc2c(c1)NC(=O)CO2)C1CCCCC1. The zero-order chi connectivity index (χ0) is 13.2. The second-order valence-corrected chi connectivity index (χ2v) is 5.52. The number of hydrogen-bond donors (Lipinski definition) is 2. The molecule has 0 bridgehead atoms. The molecule has 1 heterocycles. The number of anilines is 1. The zero-order valence-electron chi connectivity index (χ0n) is 11.0. The molecule has 3 rings (SSSR count). The maximum atomic E-state index is 11.3. The Morgan fingerprint density at radius 2 is 2.05 bits per heavy atom. The number of amides is 1. The standard InChI is InChI=1S/C15H20N2O2/c16-15(10-4-2-1-3-5-10)11-6-7-13-12(8-11)17-14(18)9-19-13/h6-8,10,15H,1-5,9,16H2,(H,17,18). The van der Waals surface area contributed by atoms with Crippen LogP contribution in [0.25, 0.3) is 0 Å². The molecule has 19 heavy (non-hydrogen) atoms. The molecule has 3 N–H and O–H groups in total. The molecule has 1 aromatic rings. The van der Waals surface area contributed by atoms with E-state index >= 15 is 0 Å². The van der Waals surface area contributed by atoms with Gasteiger partial charge in [0.1, 0.15) is 5.75 Å². The number of hydrogen-bond acceptors (Lipinski definition) is 3. The Morgan fingerprint density at radius 3 is 2.84 bits per heavy atom. The van der Waals surface area contributed by atoms with Crippen LogP contribution in [0.15, 0.2) is 18.2 Å². The molecule has 1 atom stereocenters. The number of carbonyl (C=O) groups excluding carboxylic acids is 1. The molecular formula is C15H20N2O2. The Morgan fingerprint density at radius 1 is 1.26 bits per heavy atom. The highest BCUT2D eigenvalue weighted by molar-refractivity contribution is 5.95. The van der Waals surface area contributed by atoms with Gasteiger partial charge in [-0.25, -0.2) is 0 Å². The van der Waals surface area contributed by atoms with E-state index in [0.717, 1.165) is 17.0 Å². The number of ether oxygens (including phenoxy) is 1. The van der Waals surface area contributed by atoms with Crippen LogP contribution in [0.3, 0.4) is 0 Å². The van der Waals surface area contributed by atoms with Crippen LogP contribution in [0, 0.1) is 5.92 Å². The second kappa shape index (κ2) is 5.21. The average Bonchev–Trinajstić information content (AvgIpc) is 2.46. The fourth-order valence-electron chi connectivity index (χ4n) is 3.07. The third-order valence-electron chi connectivity index (χ3n) is 4.18. The minimum Gasteiger partial charge on any atom is -0.482 e. The molecule has 1 saturated carbocycles. The average molecular weight is 260 g/mol. The summed E-state index contributed by atoms with van der Waals surface area (Å²) in [6.07, 6.45) is 6.31. The van der Waals surface area contributed by atoms with Crippen LogP contribution < -0.4 is 15.8 Å². The van der Waals surface area contributed by atoms with Crippen LogP contribution in [0.2, 0.25) is 0 Å². The van der Waals surface area contributed by atoms with Crippen molar-refractivity contribution in [3.05, 3.63) is 23.8 Å². The van der Waals surface area contributed by atoms with Crippen LogP contribution in [0.5, 0.6) is 5.75 Å². The fraction of sp³-hybridized carbons (Fsp3) is 0.533. The van der Waals surface area contributed by atoms with Gasteiger partial charge in [-0.2, -0.15) is 0 Å². The molecular weight excluding hydrogens is 240 g/mol. The highest BCUT2D eigenvalue weighted by Gasteiger charge is 2.23. The van der Waals surface area contributed by atoms with Gasteiger partial charge >= 0.3 is 0 Å². The van der Waals surface area contributed by atoms with E-state index in [1.807, 2.05) is 18.2 Å². The first kappa shape index (κ1) is 12.5. The van der Waals surface area contributed by atoms with Crippen LogP contribution in [0.1, 0.15) is 43.7 Å². The van der Waals surface area contributed by atoms with E-state index in [1.165, 1.54) is 32.1 Å². The van der Waals surface area contributed by atoms with Gasteiger partial charge in [-0.1, -0.05) is 25.3 Å². The van der Waals surface area contributed by atoms with Crippen molar-refractivity contribution in [2.24, 2.45) is 11.7 Å². The summed E-state index contributed by atoms with van der Waals surface area (Å²) in [5, 5.41) is 2.84. The predicted octanol–water partition coefficient (Wildman–Crippen LogP) is 2.60. The minimum absolute atomic E-state index is 0.0597. The highest BCUT2D eigenvalue weighted by Crippen LogP contribution is 2.36. The molecule has 0 aromatic heterocycles. The molecule has 2 aliphatic rings. The van der Waals surface area contributed by atoms with Crippen molar-refractivity contribution in [3.63, 3.8) is 0 Å². The number of benzene rings is 1. The third-order valence-corrected chi connectivity index (χ3v) is 4.18. The molecule has 0 spiro atoms. The van der Waals surface area contributed by atoms with Crippen molar-refractivity contribution in [2.45, 2.75) is 38.1 Å². The normalized spacial score (nSPS) is 21.2. The molecule has 102 valence electrons. The van der Waals surface area contributed by atoms with Crippen LogP contribution in [0.4, 0.5) is 5.69 Å². The number of fused-ring (bicyclic) bond motifs is 1. The summed E-state index contributed by atoms with van der Waals surface area (Å²) in [5.41, 5.74) is 8.23. The first-order valence-electron chi connectivity index (χ1n) is 7.06. The van der Waals surface area contributed by atoms with E-state index in [4.69, 9.17) is 10.5 Å². The van der Waals surface area contributed by atoms with Gasteiger partial charge in [-0.3, -0.25) is 4.79 Å². The van der Waals surface area contributed by atoms with E-state index < -0.39 is 0 Å². The molecule has 1 aliphatic heterocycles. The van der Waals surface area contributed by atoms with Crippen molar-refractivity contribution in [2.75, 3.05) is 11.9 Å². The van der Waals surface area contributed by atoms with E-state index in [0.29, 0.717) is 5.92 Å². The quantitative estimate of drug-likeness (QED) is 0.859. The lowest BCUT2D eigenvalue weighted by Gasteiger charge is -2.28. The van der Waals surface area contributed by atoms with E-state index in [-0.39, 0.29) is 18.6 Å². The first-order chi connectivity index (χ1) is 9.24. The monoisotopic (exact) mass is 260 g/mol. The van der Waals surface area contributed by atoms with Crippen LogP contribution in [-0.4, -0.2) is 12.5 Å². The van der Waals surface area contributed by atoms with Crippen molar-refractivity contribution >= 4 is 11.6 Å². The fourth-order valence-corrected chi connectivity index (χ4v) is 3.07. The van der Waals surface area contributed by atoms with Gasteiger partial charge in [0.05, 0.1) is 5.69 Å². The molecule has 1 amide bonds. The summed E-state index contributed by atoms with van der Waals surface area (Å²) >= 11 is 0. The van der Waals surface area contributed by atoms with E-state index in [1.54, 1.807) is 0 Å². The van der Waals surface area contributed by atoms with Gasteiger partial charge in [0.2, 0.25) is 0 Å². The molecule has 1 aliphatic carbocycles. The van der Waals surface area contributed by atoms with Gasteiger partial charge in [0.15, 0.2) is 6.61 Å².